The van der Waals surface area contributed by atoms with E-state index >= 15 is 0 Å². The first kappa shape index (κ1) is 15.2. The molecule has 0 aliphatic carbocycles. The maximum Gasteiger partial charge on any atom is 0.317 e. The van der Waals surface area contributed by atoms with Crippen LogP contribution in [0.1, 0.15) is 17.7 Å². The molecule has 0 saturated carbocycles. The molecule has 21 heavy (non-hydrogen) atoms. The van der Waals surface area contributed by atoms with Crippen LogP contribution in [0.3, 0.4) is 0 Å². The van der Waals surface area contributed by atoms with E-state index in [4.69, 9.17) is 10.5 Å². The van der Waals surface area contributed by atoms with Gasteiger partial charge < -0.3 is 10.5 Å². The smallest absolute Gasteiger partial charge is 0.317 e. The minimum atomic E-state index is -0.826. The molecule has 4 nitrogen and oxygen atoms in total. The Morgan fingerprint density at radius 1 is 1.19 bits per heavy atom. The molecule has 0 aliphatic rings. The van der Waals surface area contributed by atoms with Crippen LogP contribution < -0.4 is 5.73 Å². The summed E-state index contributed by atoms with van der Waals surface area (Å²) in [6.45, 7) is 0.205. The molecule has 4 heteroatoms. The van der Waals surface area contributed by atoms with E-state index in [1.807, 2.05) is 48.5 Å². The number of aromatic nitrogens is 1. The zero-order valence-corrected chi connectivity index (χ0v) is 12.2. The van der Waals surface area contributed by atoms with Gasteiger partial charge in [-0.1, -0.05) is 36.4 Å². The molecule has 0 radical (unpaired) electrons. The van der Waals surface area contributed by atoms with Gasteiger partial charge in [-0.2, -0.15) is 0 Å². The Hall–Kier alpha value is -2.20. The van der Waals surface area contributed by atoms with E-state index in [2.05, 4.69) is 4.98 Å². The molecule has 1 heterocycles. The highest BCUT2D eigenvalue weighted by Crippen LogP contribution is 2.30. The summed E-state index contributed by atoms with van der Waals surface area (Å²) in [5.41, 5.74) is 6.96. The number of aryl methyl sites for hydroxylation is 1. The van der Waals surface area contributed by atoms with Crippen molar-refractivity contribution in [1.82, 2.24) is 4.98 Å². The molecule has 2 aromatic rings. The summed E-state index contributed by atoms with van der Waals surface area (Å²) < 4.78 is 5.01. The van der Waals surface area contributed by atoms with Crippen molar-refractivity contribution in [3.05, 3.63) is 66.0 Å². The van der Waals surface area contributed by atoms with Crippen molar-refractivity contribution in [2.24, 2.45) is 5.73 Å². The molecular weight excluding hydrogens is 264 g/mol. The zero-order chi connectivity index (χ0) is 15.1. The normalized spacial score (nSPS) is 13.4. The van der Waals surface area contributed by atoms with E-state index in [9.17, 15) is 4.79 Å². The van der Waals surface area contributed by atoms with Gasteiger partial charge in [-0.3, -0.25) is 9.78 Å². The lowest BCUT2D eigenvalue weighted by Crippen LogP contribution is -2.44. The van der Waals surface area contributed by atoms with Crippen molar-refractivity contribution in [2.75, 3.05) is 13.7 Å². The van der Waals surface area contributed by atoms with Gasteiger partial charge in [-0.15, -0.1) is 0 Å². The van der Waals surface area contributed by atoms with Crippen molar-refractivity contribution in [3.8, 4) is 0 Å². The van der Waals surface area contributed by atoms with Crippen LogP contribution >= 0.6 is 0 Å². The Balaban J connectivity index is 2.30. The van der Waals surface area contributed by atoms with Crippen LogP contribution in [0.4, 0.5) is 0 Å². The summed E-state index contributed by atoms with van der Waals surface area (Å²) in [6, 6.07) is 15.3. The van der Waals surface area contributed by atoms with Crippen LogP contribution in [-0.4, -0.2) is 24.6 Å². The maximum atomic E-state index is 12.4. The standard InChI is InChI=1S/C17H20N2O2/c1-21-16(20)17(13-18,14-7-3-2-4-8-14)11-10-15-9-5-6-12-19-15/h2-9,12H,10-11,13,18H2,1H3. The SMILES string of the molecule is COC(=O)C(CN)(CCc1ccccn1)c1ccccc1. The summed E-state index contributed by atoms with van der Waals surface area (Å²) in [5, 5.41) is 0. The number of rotatable bonds is 6. The van der Waals surface area contributed by atoms with Crippen molar-refractivity contribution in [2.45, 2.75) is 18.3 Å². The highest BCUT2D eigenvalue weighted by Gasteiger charge is 2.39. The summed E-state index contributed by atoms with van der Waals surface area (Å²) in [6.07, 6.45) is 2.99. The third kappa shape index (κ3) is 3.28. The van der Waals surface area contributed by atoms with E-state index < -0.39 is 5.41 Å². The lowest BCUT2D eigenvalue weighted by molar-refractivity contribution is -0.147. The van der Waals surface area contributed by atoms with Crippen LogP contribution in [0.5, 0.6) is 0 Å². The molecule has 1 aromatic heterocycles. The highest BCUT2D eigenvalue weighted by atomic mass is 16.5. The van der Waals surface area contributed by atoms with Crippen LogP contribution in [-0.2, 0) is 21.4 Å². The molecule has 1 unspecified atom stereocenters. The molecule has 0 spiro atoms. The van der Waals surface area contributed by atoms with Crippen LogP contribution in [0.25, 0.3) is 0 Å². The molecule has 0 fully saturated rings. The van der Waals surface area contributed by atoms with Crippen molar-refractivity contribution in [3.63, 3.8) is 0 Å². The second-order valence-corrected chi connectivity index (χ2v) is 4.96. The van der Waals surface area contributed by atoms with Gasteiger partial charge in [-0.05, 0) is 30.5 Å². The van der Waals surface area contributed by atoms with Gasteiger partial charge in [0.2, 0.25) is 0 Å². The molecule has 2 rings (SSSR count). The number of methoxy groups -OCH3 is 1. The van der Waals surface area contributed by atoms with Crippen LogP contribution in [0.2, 0.25) is 0 Å². The first-order chi connectivity index (χ1) is 10.2. The third-order valence-electron chi connectivity index (χ3n) is 3.79. The molecule has 0 amide bonds. The number of hydrogen-bond acceptors (Lipinski definition) is 4. The number of carbonyl (C=O) groups is 1. The fraction of sp³-hybridized carbons (Fsp3) is 0.294. The second kappa shape index (κ2) is 6.99. The number of esters is 1. The number of nitrogens with two attached hydrogens (primary N) is 1. The number of ether oxygens (including phenoxy) is 1. The number of pyridine rings is 1. The van der Waals surface area contributed by atoms with E-state index in [0.29, 0.717) is 12.8 Å². The quantitative estimate of drug-likeness (QED) is 0.825. The molecule has 0 saturated heterocycles. The van der Waals surface area contributed by atoms with Crippen molar-refractivity contribution < 1.29 is 9.53 Å². The first-order valence-electron chi connectivity index (χ1n) is 6.97. The fourth-order valence-electron chi connectivity index (χ4n) is 2.51. The maximum absolute atomic E-state index is 12.4. The van der Waals surface area contributed by atoms with Crippen LogP contribution in [0, 0.1) is 0 Å². The monoisotopic (exact) mass is 284 g/mol. The van der Waals surface area contributed by atoms with Gasteiger partial charge in [0.05, 0.1) is 7.11 Å². The van der Waals surface area contributed by atoms with Gasteiger partial charge in [0, 0.05) is 18.4 Å². The Kier molecular flexibility index (Phi) is 5.06. The summed E-state index contributed by atoms with van der Waals surface area (Å²) in [4.78, 5) is 16.7. The predicted octanol–water partition coefficient (Wildman–Crippen LogP) is 2.08. The first-order valence-corrected chi connectivity index (χ1v) is 6.97. The number of hydrogen-bond donors (Lipinski definition) is 1. The Morgan fingerprint density at radius 3 is 2.48 bits per heavy atom. The Bertz CT molecular complexity index is 572. The average molecular weight is 284 g/mol. The van der Waals surface area contributed by atoms with Gasteiger partial charge in [0.25, 0.3) is 0 Å². The van der Waals surface area contributed by atoms with Gasteiger partial charge >= 0.3 is 5.97 Å². The largest absolute Gasteiger partial charge is 0.468 e. The number of benzene rings is 1. The fourth-order valence-corrected chi connectivity index (χ4v) is 2.51. The molecule has 110 valence electrons. The number of nitrogens with zero attached hydrogens (tertiary/aromatic N) is 1. The molecule has 1 atom stereocenters. The molecule has 0 bridgehead atoms. The predicted molar refractivity (Wildman–Crippen MR) is 81.7 cm³/mol. The van der Waals surface area contributed by atoms with Crippen molar-refractivity contribution in [1.29, 1.82) is 0 Å². The van der Waals surface area contributed by atoms with E-state index in [1.165, 1.54) is 7.11 Å². The van der Waals surface area contributed by atoms with E-state index in [0.717, 1.165) is 11.3 Å². The minimum Gasteiger partial charge on any atom is -0.468 e. The summed E-state index contributed by atoms with van der Waals surface area (Å²) >= 11 is 0. The lowest BCUT2D eigenvalue weighted by atomic mass is 9.76. The van der Waals surface area contributed by atoms with Crippen molar-refractivity contribution >= 4 is 5.97 Å². The number of carbonyl (C=O) groups excluding carboxylic acids is 1. The topological polar surface area (TPSA) is 65.2 Å². The Labute approximate surface area is 125 Å². The molecular formula is C17H20N2O2. The Morgan fingerprint density at radius 2 is 1.90 bits per heavy atom. The van der Waals surface area contributed by atoms with Crippen LogP contribution in [0.15, 0.2) is 54.7 Å². The lowest BCUT2D eigenvalue weighted by Gasteiger charge is -2.30. The second-order valence-electron chi connectivity index (χ2n) is 4.96. The van der Waals surface area contributed by atoms with Gasteiger partial charge in [-0.25, -0.2) is 0 Å². The average Bonchev–Trinajstić information content (AvgIpc) is 2.57. The molecule has 2 N–H and O–H groups in total. The minimum absolute atomic E-state index is 0.205. The zero-order valence-electron chi connectivity index (χ0n) is 12.2. The molecule has 0 aliphatic heterocycles. The third-order valence-corrected chi connectivity index (χ3v) is 3.79. The van der Waals surface area contributed by atoms with Gasteiger partial charge in [0.1, 0.15) is 5.41 Å². The highest BCUT2D eigenvalue weighted by molar-refractivity contribution is 5.83. The summed E-state index contributed by atoms with van der Waals surface area (Å²) in [7, 11) is 1.40. The van der Waals surface area contributed by atoms with Gasteiger partial charge in [0.15, 0.2) is 0 Å². The van der Waals surface area contributed by atoms with E-state index in [-0.39, 0.29) is 12.5 Å². The molecule has 1 aromatic carbocycles. The summed E-state index contributed by atoms with van der Waals surface area (Å²) in [5.74, 6) is -0.299. The van der Waals surface area contributed by atoms with E-state index in [1.54, 1.807) is 6.20 Å².